The van der Waals surface area contributed by atoms with Crippen molar-refractivity contribution in [3.63, 3.8) is 0 Å². The molecule has 0 bridgehead atoms. The van der Waals surface area contributed by atoms with Gasteiger partial charge >= 0.3 is 0 Å². The predicted octanol–water partition coefficient (Wildman–Crippen LogP) is 2.31. The highest BCUT2D eigenvalue weighted by Crippen LogP contribution is 2.21. The topological polar surface area (TPSA) is 78.0 Å². The molecule has 0 aliphatic carbocycles. The molecule has 2 aromatic rings. The maximum absolute atomic E-state index is 13.4. The van der Waals surface area contributed by atoms with Crippen molar-refractivity contribution in [2.24, 2.45) is 4.99 Å². The molecule has 172 valence electrons. The standard InChI is InChI=1S/C24H32FN5O2/c1-3-27-23(31)20-6-4-5-18(15-20)16-28-24(26-2)29-17-22(30-11-13-32-14-12-30)19-7-9-21(25)10-8-19/h4-10,15,22H,3,11-14,16-17H2,1-2H3,(H,27,31)(H2,26,28,29). The van der Waals surface area contributed by atoms with Gasteiger partial charge in [-0.1, -0.05) is 24.3 Å². The third-order valence-corrected chi connectivity index (χ3v) is 5.41. The minimum absolute atomic E-state index is 0.0686. The zero-order chi connectivity index (χ0) is 22.8. The van der Waals surface area contributed by atoms with E-state index in [1.165, 1.54) is 12.1 Å². The molecule has 0 spiro atoms. The highest BCUT2D eigenvalue weighted by Gasteiger charge is 2.23. The molecular weight excluding hydrogens is 409 g/mol. The number of guanidine groups is 1. The van der Waals surface area contributed by atoms with E-state index >= 15 is 0 Å². The smallest absolute Gasteiger partial charge is 0.251 e. The average Bonchev–Trinajstić information content (AvgIpc) is 2.83. The quantitative estimate of drug-likeness (QED) is 0.433. The number of amides is 1. The Balaban J connectivity index is 1.61. The van der Waals surface area contributed by atoms with E-state index in [0.29, 0.717) is 44.4 Å². The van der Waals surface area contributed by atoms with Crippen LogP contribution < -0.4 is 16.0 Å². The summed E-state index contributed by atoms with van der Waals surface area (Å²) in [7, 11) is 1.72. The Hall–Kier alpha value is -2.97. The fourth-order valence-electron chi connectivity index (χ4n) is 3.72. The summed E-state index contributed by atoms with van der Waals surface area (Å²) < 4.78 is 18.9. The van der Waals surface area contributed by atoms with Gasteiger partial charge in [0.1, 0.15) is 5.82 Å². The van der Waals surface area contributed by atoms with Gasteiger partial charge in [0.05, 0.1) is 19.3 Å². The van der Waals surface area contributed by atoms with Crippen molar-refractivity contribution in [2.75, 3.05) is 46.4 Å². The minimum atomic E-state index is -0.241. The number of nitrogens with one attached hydrogen (secondary N) is 3. The first-order chi connectivity index (χ1) is 15.6. The van der Waals surface area contributed by atoms with E-state index in [2.05, 4.69) is 25.8 Å². The van der Waals surface area contributed by atoms with Crippen molar-refractivity contribution in [1.82, 2.24) is 20.9 Å². The van der Waals surface area contributed by atoms with Crippen molar-refractivity contribution < 1.29 is 13.9 Å². The number of morpholine rings is 1. The van der Waals surface area contributed by atoms with Gasteiger partial charge in [-0.05, 0) is 42.3 Å². The first-order valence-electron chi connectivity index (χ1n) is 11.0. The molecule has 1 atom stereocenters. The van der Waals surface area contributed by atoms with Gasteiger partial charge in [-0.2, -0.15) is 0 Å². The van der Waals surface area contributed by atoms with Crippen molar-refractivity contribution in [2.45, 2.75) is 19.5 Å². The molecule has 1 fully saturated rings. The SMILES string of the molecule is CCNC(=O)c1cccc(CNC(=NC)NCC(c2ccc(F)cc2)N2CCOCC2)c1. The highest BCUT2D eigenvalue weighted by atomic mass is 19.1. The lowest BCUT2D eigenvalue weighted by molar-refractivity contribution is 0.0170. The number of hydrogen-bond donors (Lipinski definition) is 3. The summed E-state index contributed by atoms with van der Waals surface area (Å²) in [6.07, 6.45) is 0. The number of nitrogens with zero attached hydrogens (tertiary/aromatic N) is 2. The largest absolute Gasteiger partial charge is 0.379 e. The molecule has 1 saturated heterocycles. The molecule has 1 aliphatic heterocycles. The fraction of sp³-hybridized carbons (Fsp3) is 0.417. The number of benzene rings is 2. The summed E-state index contributed by atoms with van der Waals surface area (Å²) in [5, 5.41) is 9.51. The van der Waals surface area contributed by atoms with Crippen molar-refractivity contribution in [3.05, 3.63) is 71.0 Å². The molecule has 7 nitrogen and oxygen atoms in total. The van der Waals surface area contributed by atoms with Gasteiger partial charge in [-0.25, -0.2) is 4.39 Å². The van der Waals surface area contributed by atoms with E-state index in [9.17, 15) is 9.18 Å². The number of carbonyl (C=O) groups excluding carboxylic acids is 1. The Morgan fingerprint density at radius 3 is 2.56 bits per heavy atom. The Kier molecular flexibility index (Phi) is 9.01. The second-order valence-electron chi connectivity index (χ2n) is 7.58. The van der Waals surface area contributed by atoms with E-state index in [1.807, 2.05) is 37.3 Å². The molecule has 1 unspecified atom stereocenters. The molecule has 0 radical (unpaired) electrons. The van der Waals surface area contributed by atoms with Crippen LogP contribution in [0.15, 0.2) is 53.5 Å². The number of rotatable bonds is 8. The van der Waals surface area contributed by atoms with Crippen LogP contribution in [0.2, 0.25) is 0 Å². The van der Waals surface area contributed by atoms with Crippen molar-refractivity contribution in [3.8, 4) is 0 Å². The number of hydrogen-bond acceptors (Lipinski definition) is 4. The maximum atomic E-state index is 13.4. The van der Waals surface area contributed by atoms with E-state index < -0.39 is 0 Å². The molecule has 3 N–H and O–H groups in total. The van der Waals surface area contributed by atoms with Gasteiger partial charge in [0.2, 0.25) is 0 Å². The van der Waals surface area contributed by atoms with Gasteiger partial charge in [0.15, 0.2) is 5.96 Å². The van der Waals surface area contributed by atoms with Crippen LogP contribution in [-0.4, -0.2) is 63.2 Å². The summed E-state index contributed by atoms with van der Waals surface area (Å²) in [6.45, 7) is 6.66. The van der Waals surface area contributed by atoms with Crippen LogP contribution in [0.4, 0.5) is 4.39 Å². The van der Waals surface area contributed by atoms with Crippen LogP contribution in [0.1, 0.15) is 34.5 Å². The fourth-order valence-corrected chi connectivity index (χ4v) is 3.72. The van der Waals surface area contributed by atoms with Crippen molar-refractivity contribution >= 4 is 11.9 Å². The summed E-state index contributed by atoms with van der Waals surface area (Å²) in [5.41, 5.74) is 2.67. The zero-order valence-corrected chi connectivity index (χ0v) is 18.7. The average molecular weight is 442 g/mol. The van der Waals surface area contributed by atoms with Crippen LogP contribution in [0.25, 0.3) is 0 Å². The molecule has 0 saturated carbocycles. The Morgan fingerprint density at radius 2 is 1.88 bits per heavy atom. The van der Waals surface area contributed by atoms with Gasteiger partial charge in [-0.3, -0.25) is 14.7 Å². The lowest BCUT2D eigenvalue weighted by Crippen LogP contribution is -2.46. The molecule has 0 aromatic heterocycles. The van der Waals surface area contributed by atoms with Gasteiger partial charge in [0, 0.05) is 45.3 Å². The molecule has 3 rings (SSSR count). The summed E-state index contributed by atoms with van der Waals surface area (Å²) in [4.78, 5) is 18.7. The molecule has 8 heteroatoms. The highest BCUT2D eigenvalue weighted by molar-refractivity contribution is 5.94. The Morgan fingerprint density at radius 1 is 1.12 bits per heavy atom. The Bertz CT molecular complexity index is 898. The van der Waals surface area contributed by atoms with Crippen LogP contribution in [0, 0.1) is 5.82 Å². The minimum Gasteiger partial charge on any atom is -0.379 e. The summed E-state index contributed by atoms with van der Waals surface area (Å²) >= 11 is 0. The van der Waals surface area contributed by atoms with E-state index in [4.69, 9.17) is 4.74 Å². The van der Waals surface area contributed by atoms with Crippen LogP contribution in [0.5, 0.6) is 0 Å². The normalized spacial score (nSPS) is 15.8. The number of ether oxygens (including phenoxy) is 1. The lowest BCUT2D eigenvalue weighted by atomic mass is 10.0. The van der Waals surface area contributed by atoms with Gasteiger partial charge < -0.3 is 20.7 Å². The second-order valence-corrected chi connectivity index (χ2v) is 7.58. The molecule has 1 heterocycles. The third kappa shape index (κ3) is 6.77. The number of halogens is 1. The lowest BCUT2D eigenvalue weighted by Gasteiger charge is -2.35. The van der Waals surface area contributed by atoms with Gasteiger partial charge in [0.25, 0.3) is 5.91 Å². The maximum Gasteiger partial charge on any atom is 0.251 e. The van der Waals surface area contributed by atoms with E-state index in [1.54, 1.807) is 13.1 Å². The van der Waals surface area contributed by atoms with E-state index in [0.717, 1.165) is 24.2 Å². The van der Waals surface area contributed by atoms with Crippen LogP contribution in [0.3, 0.4) is 0 Å². The van der Waals surface area contributed by atoms with Gasteiger partial charge in [-0.15, -0.1) is 0 Å². The summed E-state index contributed by atoms with van der Waals surface area (Å²) in [6, 6.07) is 14.3. The molecule has 2 aromatic carbocycles. The first kappa shape index (κ1) is 23.7. The zero-order valence-electron chi connectivity index (χ0n) is 18.7. The third-order valence-electron chi connectivity index (χ3n) is 5.41. The van der Waals surface area contributed by atoms with Crippen LogP contribution >= 0.6 is 0 Å². The molecular formula is C24H32FN5O2. The number of carbonyl (C=O) groups is 1. The second kappa shape index (κ2) is 12.2. The summed E-state index contributed by atoms with van der Waals surface area (Å²) in [5.74, 6) is 0.341. The first-order valence-corrected chi connectivity index (χ1v) is 11.0. The number of aliphatic imine (C=N–C) groups is 1. The van der Waals surface area contributed by atoms with Crippen LogP contribution in [-0.2, 0) is 11.3 Å². The Labute approximate surface area is 189 Å². The monoisotopic (exact) mass is 441 g/mol. The molecule has 32 heavy (non-hydrogen) atoms. The molecule has 1 amide bonds. The predicted molar refractivity (Wildman–Crippen MR) is 124 cm³/mol. The van der Waals surface area contributed by atoms with Crippen molar-refractivity contribution in [1.29, 1.82) is 0 Å². The molecule has 1 aliphatic rings. The van der Waals surface area contributed by atoms with E-state index in [-0.39, 0.29) is 17.8 Å².